The third kappa shape index (κ3) is 3.77. The molecule has 1 aromatic carbocycles. The van der Waals surface area contributed by atoms with Crippen molar-refractivity contribution < 1.29 is 12.8 Å². The summed E-state index contributed by atoms with van der Waals surface area (Å²) in [7, 11) is -2.01. The highest BCUT2D eigenvalue weighted by Crippen LogP contribution is 2.29. The third-order valence-corrected chi connectivity index (χ3v) is 5.21. The fourth-order valence-electron chi connectivity index (χ4n) is 2.32. The van der Waals surface area contributed by atoms with Gasteiger partial charge in [0.25, 0.3) is 0 Å². The Hall–Kier alpha value is -0.980. The molecule has 0 spiro atoms. The summed E-state index contributed by atoms with van der Waals surface area (Å²) in [4.78, 5) is -0.265. The zero-order chi connectivity index (χ0) is 14.6. The molecule has 112 valence electrons. The van der Waals surface area contributed by atoms with Gasteiger partial charge in [0.2, 0.25) is 10.0 Å². The molecule has 1 aliphatic carbocycles. The van der Waals surface area contributed by atoms with E-state index in [9.17, 15) is 12.8 Å². The van der Waals surface area contributed by atoms with E-state index in [-0.39, 0.29) is 4.90 Å². The average molecular weight is 300 g/mol. The summed E-state index contributed by atoms with van der Waals surface area (Å²) in [6.45, 7) is 0.883. The zero-order valence-electron chi connectivity index (χ0n) is 11.7. The first-order chi connectivity index (χ1) is 9.53. The molecule has 0 heterocycles. The lowest BCUT2D eigenvalue weighted by atomic mass is 9.83. The minimum atomic E-state index is -3.76. The molecule has 20 heavy (non-hydrogen) atoms. The molecule has 0 atom stereocenters. The molecule has 0 amide bonds. The summed E-state index contributed by atoms with van der Waals surface area (Å²) in [5.74, 6) is -0.0841. The van der Waals surface area contributed by atoms with Crippen LogP contribution in [0.5, 0.6) is 0 Å². The van der Waals surface area contributed by atoms with E-state index in [1.54, 1.807) is 13.1 Å². The third-order valence-electron chi connectivity index (χ3n) is 3.74. The second-order valence-corrected chi connectivity index (χ2v) is 7.01. The van der Waals surface area contributed by atoms with Gasteiger partial charge < -0.3 is 5.32 Å². The molecule has 0 unspecified atom stereocenters. The number of nitrogens with one attached hydrogen (secondary N) is 2. The standard InChI is InChI=1S/C14H21FN2O2S/c1-16-10-12-5-6-13(15)14(9-12)20(18,19)17-8-7-11-3-2-4-11/h5-6,9,11,16-17H,2-4,7-8,10H2,1H3. The van der Waals surface area contributed by atoms with Crippen molar-refractivity contribution in [1.29, 1.82) is 0 Å². The molecule has 0 saturated heterocycles. The van der Waals surface area contributed by atoms with Gasteiger partial charge in [-0.3, -0.25) is 0 Å². The van der Waals surface area contributed by atoms with Crippen LogP contribution in [0.15, 0.2) is 23.1 Å². The Bertz CT molecular complexity index is 556. The number of benzene rings is 1. The van der Waals surface area contributed by atoms with Gasteiger partial charge in [0.1, 0.15) is 10.7 Å². The van der Waals surface area contributed by atoms with Crippen molar-refractivity contribution in [1.82, 2.24) is 10.0 Å². The maximum absolute atomic E-state index is 13.7. The van der Waals surface area contributed by atoms with E-state index >= 15 is 0 Å². The predicted octanol–water partition coefficient (Wildman–Crippen LogP) is 2.01. The van der Waals surface area contributed by atoms with Crippen molar-refractivity contribution in [3.8, 4) is 0 Å². The summed E-state index contributed by atoms with van der Waals surface area (Å²) >= 11 is 0. The molecule has 1 fully saturated rings. The first kappa shape index (κ1) is 15.4. The minimum Gasteiger partial charge on any atom is -0.316 e. The van der Waals surface area contributed by atoms with Crippen molar-refractivity contribution in [2.45, 2.75) is 37.1 Å². The van der Waals surface area contributed by atoms with E-state index in [4.69, 9.17) is 0 Å². The molecule has 0 bridgehead atoms. The van der Waals surface area contributed by atoms with Crippen molar-refractivity contribution >= 4 is 10.0 Å². The van der Waals surface area contributed by atoms with E-state index in [0.29, 0.717) is 19.0 Å². The predicted molar refractivity (Wildman–Crippen MR) is 76.3 cm³/mol. The van der Waals surface area contributed by atoms with E-state index < -0.39 is 15.8 Å². The Morgan fingerprint density at radius 2 is 2.10 bits per heavy atom. The summed E-state index contributed by atoms with van der Waals surface area (Å²) in [6, 6.07) is 4.17. The highest BCUT2D eigenvalue weighted by atomic mass is 32.2. The number of hydrogen-bond acceptors (Lipinski definition) is 3. The monoisotopic (exact) mass is 300 g/mol. The SMILES string of the molecule is CNCc1ccc(F)c(S(=O)(=O)NCCC2CCC2)c1. The van der Waals surface area contributed by atoms with Crippen LogP contribution in [0, 0.1) is 11.7 Å². The summed E-state index contributed by atoms with van der Waals surface area (Å²) in [6.07, 6.45) is 4.41. The fraction of sp³-hybridized carbons (Fsp3) is 0.571. The van der Waals surface area contributed by atoms with Crippen LogP contribution in [0.4, 0.5) is 4.39 Å². The first-order valence-corrected chi connectivity index (χ1v) is 8.44. The van der Waals surface area contributed by atoms with E-state index in [1.165, 1.54) is 31.4 Å². The van der Waals surface area contributed by atoms with Crippen LogP contribution in [-0.2, 0) is 16.6 Å². The van der Waals surface area contributed by atoms with Gasteiger partial charge in [-0.1, -0.05) is 25.3 Å². The molecule has 1 aliphatic rings. The molecule has 0 aliphatic heterocycles. The van der Waals surface area contributed by atoms with E-state index in [2.05, 4.69) is 10.0 Å². The molecular formula is C14H21FN2O2S. The fourth-order valence-corrected chi connectivity index (χ4v) is 3.50. The van der Waals surface area contributed by atoms with Crippen LogP contribution in [0.1, 0.15) is 31.2 Å². The molecule has 2 rings (SSSR count). The van der Waals surface area contributed by atoms with Gasteiger partial charge in [0.05, 0.1) is 0 Å². The van der Waals surface area contributed by atoms with Crippen LogP contribution in [-0.4, -0.2) is 22.0 Å². The Balaban J connectivity index is 2.04. The lowest BCUT2D eigenvalue weighted by molar-refractivity contribution is 0.297. The Kier molecular flexibility index (Phi) is 5.12. The van der Waals surface area contributed by atoms with Gasteiger partial charge >= 0.3 is 0 Å². The van der Waals surface area contributed by atoms with Gasteiger partial charge in [0.15, 0.2) is 0 Å². The maximum Gasteiger partial charge on any atom is 0.243 e. The lowest BCUT2D eigenvalue weighted by Gasteiger charge is -2.25. The maximum atomic E-state index is 13.7. The molecule has 1 saturated carbocycles. The highest BCUT2D eigenvalue weighted by Gasteiger charge is 2.21. The van der Waals surface area contributed by atoms with Crippen LogP contribution >= 0.6 is 0 Å². The molecule has 0 radical (unpaired) electrons. The summed E-state index contributed by atoms with van der Waals surface area (Å²) < 4.78 is 40.5. The summed E-state index contributed by atoms with van der Waals surface area (Å²) in [5, 5.41) is 2.92. The van der Waals surface area contributed by atoms with Gasteiger partial charge in [-0.05, 0) is 37.1 Å². The molecular weight excluding hydrogens is 279 g/mol. The summed E-state index contributed by atoms with van der Waals surface area (Å²) in [5.41, 5.74) is 0.744. The van der Waals surface area contributed by atoms with Crippen molar-refractivity contribution in [3.63, 3.8) is 0 Å². The Morgan fingerprint density at radius 1 is 1.35 bits per heavy atom. The lowest BCUT2D eigenvalue weighted by Crippen LogP contribution is -2.28. The van der Waals surface area contributed by atoms with Crippen molar-refractivity contribution in [3.05, 3.63) is 29.6 Å². The van der Waals surface area contributed by atoms with Crippen molar-refractivity contribution in [2.24, 2.45) is 5.92 Å². The molecule has 4 nitrogen and oxygen atoms in total. The number of hydrogen-bond donors (Lipinski definition) is 2. The number of rotatable bonds is 7. The first-order valence-electron chi connectivity index (χ1n) is 6.95. The molecule has 6 heteroatoms. The second kappa shape index (κ2) is 6.65. The Morgan fingerprint density at radius 3 is 2.70 bits per heavy atom. The second-order valence-electron chi connectivity index (χ2n) is 5.28. The number of sulfonamides is 1. The van der Waals surface area contributed by atoms with Crippen molar-refractivity contribution in [2.75, 3.05) is 13.6 Å². The zero-order valence-corrected chi connectivity index (χ0v) is 12.5. The van der Waals surface area contributed by atoms with Crippen LogP contribution < -0.4 is 10.0 Å². The van der Waals surface area contributed by atoms with Gasteiger partial charge in [-0.2, -0.15) is 0 Å². The topological polar surface area (TPSA) is 58.2 Å². The van der Waals surface area contributed by atoms with Gasteiger partial charge in [0, 0.05) is 13.1 Å². The molecule has 0 aromatic heterocycles. The van der Waals surface area contributed by atoms with Crippen LogP contribution in [0.2, 0.25) is 0 Å². The van der Waals surface area contributed by atoms with Gasteiger partial charge in [-0.15, -0.1) is 0 Å². The largest absolute Gasteiger partial charge is 0.316 e. The minimum absolute atomic E-state index is 0.265. The normalized spacial score (nSPS) is 16.1. The van der Waals surface area contributed by atoms with Crippen LogP contribution in [0.25, 0.3) is 0 Å². The van der Waals surface area contributed by atoms with E-state index in [0.717, 1.165) is 12.0 Å². The smallest absolute Gasteiger partial charge is 0.243 e. The molecule has 1 aromatic rings. The molecule has 2 N–H and O–H groups in total. The highest BCUT2D eigenvalue weighted by molar-refractivity contribution is 7.89. The number of halogens is 1. The Labute approximate surface area is 119 Å². The quantitative estimate of drug-likeness (QED) is 0.810. The van der Waals surface area contributed by atoms with Crippen LogP contribution in [0.3, 0.4) is 0 Å². The van der Waals surface area contributed by atoms with E-state index in [1.807, 2.05) is 0 Å². The average Bonchev–Trinajstić information content (AvgIpc) is 2.35. The van der Waals surface area contributed by atoms with Gasteiger partial charge in [-0.25, -0.2) is 17.5 Å².